The third kappa shape index (κ3) is 6.63. The van der Waals surface area contributed by atoms with E-state index in [1.807, 2.05) is 19.1 Å². The van der Waals surface area contributed by atoms with Crippen LogP contribution in [0.5, 0.6) is 0 Å². The van der Waals surface area contributed by atoms with E-state index in [-0.39, 0.29) is 36.3 Å². The van der Waals surface area contributed by atoms with Crippen LogP contribution in [0.1, 0.15) is 35.8 Å². The lowest BCUT2D eigenvalue weighted by molar-refractivity contribution is 0.609. The molecule has 2 rings (SSSR count). The summed E-state index contributed by atoms with van der Waals surface area (Å²) in [5, 5.41) is 17.4. The van der Waals surface area contributed by atoms with Gasteiger partial charge in [-0.1, -0.05) is 13.0 Å². The Morgan fingerprint density at radius 1 is 1.36 bits per heavy atom. The van der Waals surface area contributed by atoms with Crippen LogP contribution in [0.15, 0.2) is 40.7 Å². The lowest BCUT2D eigenvalue weighted by Crippen LogP contribution is -2.39. The van der Waals surface area contributed by atoms with Crippen molar-refractivity contribution in [2.45, 2.75) is 26.3 Å². The van der Waals surface area contributed by atoms with Gasteiger partial charge >= 0.3 is 0 Å². The van der Waals surface area contributed by atoms with Crippen molar-refractivity contribution in [2.75, 3.05) is 13.1 Å². The van der Waals surface area contributed by atoms with E-state index in [2.05, 4.69) is 34.0 Å². The number of hydrogen-bond donors (Lipinski definition) is 2. The summed E-state index contributed by atoms with van der Waals surface area (Å²) in [7, 11) is 0. The van der Waals surface area contributed by atoms with Gasteiger partial charge in [-0.3, -0.25) is 0 Å². The summed E-state index contributed by atoms with van der Waals surface area (Å²) in [6.07, 6.45) is 0. The van der Waals surface area contributed by atoms with Crippen LogP contribution in [-0.2, 0) is 6.54 Å². The number of nitrogens with zero attached hydrogens (tertiary/aromatic N) is 2. The number of halogens is 2. The monoisotopic (exact) mass is 472 g/mol. The van der Waals surface area contributed by atoms with Crippen LogP contribution in [0, 0.1) is 17.1 Å². The molecule has 0 bridgehead atoms. The predicted molar refractivity (Wildman–Crippen MR) is 112 cm³/mol. The summed E-state index contributed by atoms with van der Waals surface area (Å²) in [4.78, 5) is 5.73. The molecule has 2 aromatic rings. The molecule has 0 radical (unpaired) electrons. The third-order valence-corrected chi connectivity index (χ3v) is 4.63. The van der Waals surface area contributed by atoms with E-state index < -0.39 is 0 Å². The molecule has 1 aromatic heterocycles. The summed E-state index contributed by atoms with van der Waals surface area (Å²) in [6, 6.07) is 10.5. The molecular weight excluding hydrogens is 450 g/mol. The Morgan fingerprint density at radius 2 is 2.16 bits per heavy atom. The number of guanidine groups is 1. The van der Waals surface area contributed by atoms with Gasteiger partial charge in [0.15, 0.2) is 5.96 Å². The highest BCUT2D eigenvalue weighted by Gasteiger charge is 2.08. The summed E-state index contributed by atoms with van der Waals surface area (Å²) >= 11 is 1.73. The van der Waals surface area contributed by atoms with Gasteiger partial charge in [0, 0.05) is 29.4 Å². The number of thiophene rings is 1. The largest absolute Gasteiger partial charge is 0.357 e. The maximum atomic E-state index is 13.8. The standard InChI is InChI=1S/C18H21FN4S.HI/c1-3-21-18(22-11-13(2)17-5-4-8-24-17)23-12-15-9-14(10-20)6-7-16(15)19;/h4-9,13H,3,11-12H2,1-2H3,(H2,21,22,23);1H. The minimum atomic E-state index is -0.347. The fourth-order valence-electron chi connectivity index (χ4n) is 2.19. The molecule has 0 amide bonds. The van der Waals surface area contributed by atoms with Crippen molar-refractivity contribution in [3.8, 4) is 6.07 Å². The first kappa shape index (κ1) is 21.4. The topological polar surface area (TPSA) is 60.2 Å². The minimum Gasteiger partial charge on any atom is -0.357 e. The highest BCUT2D eigenvalue weighted by Crippen LogP contribution is 2.19. The number of nitrogens with one attached hydrogen (secondary N) is 2. The molecule has 0 aliphatic rings. The Kier molecular flexibility index (Phi) is 9.45. The predicted octanol–water partition coefficient (Wildman–Crippen LogP) is 4.24. The second kappa shape index (κ2) is 11.1. The molecule has 2 N–H and O–H groups in total. The molecule has 0 fully saturated rings. The molecule has 25 heavy (non-hydrogen) atoms. The molecule has 1 unspecified atom stereocenters. The van der Waals surface area contributed by atoms with Crippen LogP contribution < -0.4 is 10.6 Å². The fraction of sp³-hybridized carbons (Fsp3) is 0.333. The number of aliphatic imine (C=N–C) groups is 1. The highest BCUT2D eigenvalue weighted by atomic mass is 127. The van der Waals surface area contributed by atoms with E-state index in [0.717, 1.165) is 13.1 Å². The molecule has 0 saturated heterocycles. The maximum Gasteiger partial charge on any atom is 0.191 e. The van der Waals surface area contributed by atoms with Crippen molar-refractivity contribution in [3.05, 3.63) is 57.5 Å². The quantitative estimate of drug-likeness (QED) is 0.376. The lowest BCUT2D eigenvalue weighted by atomic mass is 10.1. The van der Waals surface area contributed by atoms with E-state index in [0.29, 0.717) is 23.0 Å². The molecule has 0 aliphatic heterocycles. The van der Waals surface area contributed by atoms with Crippen LogP contribution in [0.4, 0.5) is 4.39 Å². The summed E-state index contributed by atoms with van der Waals surface area (Å²) in [5.74, 6) is 0.663. The second-order valence-corrected chi connectivity index (χ2v) is 6.39. The Hall–Kier alpha value is -1.66. The van der Waals surface area contributed by atoms with Crippen LogP contribution in [0.25, 0.3) is 0 Å². The molecule has 1 atom stereocenters. The first-order chi connectivity index (χ1) is 11.6. The van der Waals surface area contributed by atoms with Gasteiger partial charge in [0.1, 0.15) is 5.82 Å². The highest BCUT2D eigenvalue weighted by molar-refractivity contribution is 14.0. The van der Waals surface area contributed by atoms with Crippen molar-refractivity contribution in [1.29, 1.82) is 5.26 Å². The smallest absolute Gasteiger partial charge is 0.191 e. The maximum absolute atomic E-state index is 13.8. The normalized spacial score (nSPS) is 12.0. The van der Waals surface area contributed by atoms with Crippen molar-refractivity contribution in [3.63, 3.8) is 0 Å². The summed E-state index contributed by atoms with van der Waals surface area (Å²) in [6.45, 7) is 5.78. The molecule has 4 nitrogen and oxygen atoms in total. The average molecular weight is 472 g/mol. The first-order valence-electron chi connectivity index (χ1n) is 7.88. The van der Waals surface area contributed by atoms with Crippen molar-refractivity contribution in [2.24, 2.45) is 4.99 Å². The van der Waals surface area contributed by atoms with Gasteiger partial charge in [-0.15, -0.1) is 35.3 Å². The van der Waals surface area contributed by atoms with E-state index >= 15 is 0 Å². The zero-order valence-corrected chi connectivity index (χ0v) is 17.4. The Bertz CT molecular complexity index is 725. The number of hydrogen-bond acceptors (Lipinski definition) is 3. The van der Waals surface area contributed by atoms with Gasteiger partial charge in [-0.25, -0.2) is 9.38 Å². The Balaban J connectivity index is 0.00000312. The Morgan fingerprint density at radius 3 is 2.80 bits per heavy atom. The SMILES string of the molecule is CCNC(=NCc1cc(C#N)ccc1F)NCC(C)c1cccs1.I. The molecule has 134 valence electrons. The van der Waals surface area contributed by atoms with E-state index in [4.69, 9.17) is 5.26 Å². The van der Waals surface area contributed by atoms with Crippen molar-refractivity contribution < 1.29 is 4.39 Å². The van der Waals surface area contributed by atoms with Gasteiger partial charge in [0.2, 0.25) is 0 Å². The van der Waals surface area contributed by atoms with Crippen LogP contribution in [0.3, 0.4) is 0 Å². The first-order valence-corrected chi connectivity index (χ1v) is 8.76. The number of nitriles is 1. The second-order valence-electron chi connectivity index (χ2n) is 5.41. The average Bonchev–Trinajstić information content (AvgIpc) is 3.13. The van der Waals surface area contributed by atoms with Crippen LogP contribution >= 0.6 is 35.3 Å². The molecule has 7 heteroatoms. The van der Waals surface area contributed by atoms with Gasteiger partial charge in [-0.05, 0) is 36.6 Å². The zero-order chi connectivity index (χ0) is 17.4. The molecule has 1 aromatic carbocycles. The number of benzene rings is 1. The third-order valence-electron chi connectivity index (χ3n) is 3.53. The minimum absolute atomic E-state index is 0. The zero-order valence-electron chi connectivity index (χ0n) is 14.3. The fourth-order valence-corrected chi connectivity index (χ4v) is 2.98. The molecule has 0 aliphatic carbocycles. The van der Waals surface area contributed by atoms with Crippen molar-refractivity contribution >= 4 is 41.3 Å². The molecular formula is C18H22FIN4S. The summed E-state index contributed by atoms with van der Waals surface area (Å²) in [5.41, 5.74) is 0.850. The van der Waals surface area contributed by atoms with Crippen LogP contribution in [0.2, 0.25) is 0 Å². The summed E-state index contributed by atoms with van der Waals surface area (Å²) < 4.78 is 13.8. The molecule has 0 spiro atoms. The van der Waals surface area contributed by atoms with Gasteiger partial charge in [0.05, 0.1) is 18.2 Å². The number of rotatable bonds is 6. The van der Waals surface area contributed by atoms with Gasteiger partial charge < -0.3 is 10.6 Å². The molecule has 1 heterocycles. The van der Waals surface area contributed by atoms with Gasteiger partial charge in [0.25, 0.3) is 0 Å². The van der Waals surface area contributed by atoms with E-state index in [1.54, 1.807) is 11.3 Å². The van der Waals surface area contributed by atoms with Gasteiger partial charge in [-0.2, -0.15) is 5.26 Å². The van der Waals surface area contributed by atoms with Crippen molar-refractivity contribution in [1.82, 2.24) is 10.6 Å². The molecule has 0 saturated carbocycles. The van der Waals surface area contributed by atoms with E-state index in [9.17, 15) is 4.39 Å². The lowest BCUT2D eigenvalue weighted by Gasteiger charge is -2.15. The van der Waals surface area contributed by atoms with E-state index in [1.165, 1.54) is 23.1 Å². The Labute approximate surface area is 169 Å². The van der Waals surface area contributed by atoms with Crippen LogP contribution in [-0.4, -0.2) is 19.0 Å².